The summed E-state index contributed by atoms with van der Waals surface area (Å²) in [5.41, 5.74) is 1.83. The molecule has 1 aromatic carbocycles. The lowest BCUT2D eigenvalue weighted by Crippen LogP contribution is -2.40. The Morgan fingerprint density at radius 1 is 1.21 bits per heavy atom. The van der Waals surface area contributed by atoms with Crippen LogP contribution in [0, 0.1) is 11.3 Å². The lowest BCUT2D eigenvalue weighted by Gasteiger charge is -2.26. The summed E-state index contributed by atoms with van der Waals surface area (Å²) in [6.45, 7) is 1.31. The number of nitrogens with one attached hydrogen (secondary N) is 1. The van der Waals surface area contributed by atoms with Gasteiger partial charge in [0.1, 0.15) is 11.1 Å². The maximum Gasteiger partial charge on any atom is 0.256 e. The van der Waals surface area contributed by atoms with Crippen LogP contribution in [0.25, 0.3) is 0 Å². The average Bonchev–Trinajstić information content (AvgIpc) is 3.11. The lowest BCUT2D eigenvalue weighted by molar-refractivity contribution is 0.0730. The molecule has 152 valence electrons. The van der Waals surface area contributed by atoms with Crippen molar-refractivity contribution in [1.82, 2.24) is 4.31 Å². The minimum Gasteiger partial charge on any atom is -0.379 e. The van der Waals surface area contributed by atoms with Gasteiger partial charge in [-0.15, -0.1) is 11.3 Å². The van der Waals surface area contributed by atoms with Gasteiger partial charge in [-0.1, -0.05) is 6.07 Å². The Hall–Kier alpha value is -2.25. The molecule has 1 aromatic heterocycles. The van der Waals surface area contributed by atoms with E-state index in [1.807, 2.05) is 0 Å². The number of hydrogen-bond donors (Lipinski definition) is 1. The van der Waals surface area contributed by atoms with Gasteiger partial charge in [-0.05, 0) is 49.4 Å². The zero-order valence-corrected chi connectivity index (χ0v) is 17.4. The highest BCUT2D eigenvalue weighted by Crippen LogP contribution is 2.37. The van der Waals surface area contributed by atoms with Crippen LogP contribution in [0.4, 0.5) is 5.00 Å². The van der Waals surface area contributed by atoms with Crippen LogP contribution < -0.4 is 5.32 Å². The first kappa shape index (κ1) is 20.0. The van der Waals surface area contributed by atoms with Gasteiger partial charge in [-0.3, -0.25) is 4.79 Å². The number of fused-ring (bicyclic) bond motifs is 1. The number of hydrogen-bond acceptors (Lipinski definition) is 6. The molecule has 2 aliphatic rings. The SMILES string of the molecule is N#Cc1c(NC(=O)c2cccc(S(=O)(=O)N3CCOCC3)c2)sc2c1CCCC2. The molecule has 1 aliphatic heterocycles. The first-order valence-electron chi connectivity index (χ1n) is 9.54. The molecule has 0 bridgehead atoms. The van der Waals surface area contributed by atoms with E-state index < -0.39 is 15.9 Å². The van der Waals surface area contributed by atoms with E-state index in [4.69, 9.17) is 4.74 Å². The van der Waals surface area contributed by atoms with Gasteiger partial charge in [-0.25, -0.2) is 8.42 Å². The lowest BCUT2D eigenvalue weighted by atomic mass is 9.96. The van der Waals surface area contributed by atoms with Crippen LogP contribution in [0.2, 0.25) is 0 Å². The molecular formula is C20H21N3O4S2. The van der Waals surface area contributed by atoms with Crippen LogP contribution in [0.15, 0.2) is 29.2 Å². The molecule has 4 rings (SSSR count). The third kappa shape index (κ3) is 3.94. The molecule has 1 N–H and O–H groups in total. The number of aryl methyl sites for hydroxylation is 1. The van der Waals surface area contributed by atoms with E-state index in [0.29, 0.717) is 36.9 Å². The fourth-order valence-corrected chi connectivity index (χ4v) is 6.37. The second-order valence-corrected chi connectivity index (χ2v) is 10.1. The van der Waals surface area contributed by atoms with Crippen molar-refractivity contribution in [3.63, 3.8) is 0 Å². The number of morpholine rings is 1. The number of benzene rings is 1. The largest absolute Gasteiger partial charge is 0.379 e. The van der Waals surface area contributed by atoms with Gasteiger partial charge in [0.15, 0.2) is 0 Å². The Morgan fingerprint density at radius 3 is 2.72 bits per heavy atom. The van der Waals surface area contributed by atoms with Gasteiger partial charge in [0.05, 0.1) is 23.7 Å². The Labute approximate surface area is 174 Å². The fourth-order valence-electron chi connectivity index (χ4n) is 3.68. The quantitative estimate of drug-likeness (QED) is 0.802. The molecule has 1 amide bonds. The molecule has 0 radical (unpaired) electrons. The first-order chi connectivity index (χ1) is 14.0. The smallest absolute Gasteiger partial charge is 0.256 e. The topological polar surface area (TPSA) is 99.5 Å². The fraction of sp³-hybridized carbons (Fsp3) is 0.400. The number of sulfonamides is 1. The summed E-state index contributed by atoms with van der Waals surface area (Å²) in [6.07, 6.45) is 3.93. The number of thiophene rings is 1. The van der Waals surface area contributed by atoms with Crippen molar-refractivity contribution in [2.45, 2.75) is 30.6 Å². The summed E-state index contributed by atoms with van der Waals surface area (Å²) in [5.74, 6) is -0.417. The van der Waals surface area contributed by atoms with E-state index in [2.05, 4.69) is 11.4 Å². The zero-order valence-electron chi connectivity index (χ0n) is 15.8. The monoisotopic (exact) mass is 431 g/mol. The second-order valence-electron chi connectivity index (χ2n) is 7.03. The number of anilines is 1. The predicted octanol–water partition coefficient (Wildman–Crippen LogP) is 2.77. The summed E-state index contributed by atoms with van der Waals surface area (Å²) in [7, 11) is -3.68. The molecule has 0 spiro atoms. The Bertz CT molecular complexity index is 1080. The summed E-state index contributed by atoms with van der Waals surface area (Å²) < 4.78 is 32.3. The zero-order chi connectivity index (χ0) is 20.4. The van der Waals surface area contributed by atoms with Crippen molar-refractivity contribution in [2.24, 2.45) is 0 Å². The molecule has 0 atom stereocenters. The summed E-state index contributed by atoms with van der Waals surface area (Å²) >= 11 is 1.45. The molecule has 29 heavy (non-hydrogen) atoms. The van der Waals surface area contributed by atoms with E-state index in [-0.39, 0.29) is 10.5 Å². The van der Waals surface area contributed by atoms with Gasteiger partial charge in [0.25, 0.3) is 5.91 Å². The van der Waals surface area contributed by atoms with Crippen LogP contribution in [0.1, 0.15) is 39.2 Å². The number of carbonyl (C=O) groups excluding carboxylic acids is 1. The Kier molecular flexibility index (Phi) is 5.69. The molecule has 0 unspecified atom stereocenters. The molecule has 1 aliphatic carbocycles. The third-order valence-corrected chi connectivity index (χ3v) is 8.32. The first-order valence-corrected chi connectivity index (χ1v) is 11.8. The summed E-state index contributed by atoms with van der Waals surface area (Å²) in [6, 6.07) is 8.24. The highest BCUT2D eigenvalue weighted by Gasteiger charge is 2.27. The highest BCUT2D eigenvalue weighted by molar-refractivity contribution is 7.89. The van der Waals surface area contributed by atoms with Crippen LogP contribution in [-0.2, 0) is 27.6 Å². The van der Waals surface area contributed by atoms with Crippen LogP contribution in [-0.4, -0.2) is 44.9 Å². The minimum absolute atomic E-state index is 0.0815. The van der Waals surface area contributed by atoms with E-state index in [9.17, 15) is 18.5 Å². The van der Waals surface area contributed by atoms with E-state index in [1.165, 1.54) is 27.8 Å². The molecular weight excluding hydrogens is 410 g/mol. The minimum atomic E-state index is -3.68. The van der Waals surface area contributed by atoms with Crippen LogP contribution in [0.3, 0.4) is 0 Å². The number of amides is 1. The van der Waals surface area contributed by atoms with Gasteiger partial charge in [0.2, 0.25) is 10.0 Å². The average molecular weight is 432 g/mol. The van der Waals surface area contributed by atoms with E-state index in [1.54, 1.807) is 12.1 Å². The van der Waals surface area contributed by atoms with Crippen molar-refractivity contribution >= 4 is 32.3 Å². The van der Waals surface area contributed by atoms with Crippen molar-refractivity contribution in [1.29, 1.82) is 5.26 Å². The second kappa shape index (κ2) is 8.24. The number of nitriles is 1. The highest BCUT2D eigenvalue weighted by atomic mass is 32.2. The maximum atomic E-state index is 12.9. The Morgan fingerprint density at radius 2 is 1.97 bits per heavy atom. The van der Waals surface area contributed by atoms with Crippen molar-refractivity contribution < 1.29 is 17.9 Å². The Balaban J connectivity index is 1.58. The van der Waals surface area contributed by atoms with Crippen LogP contribution >= 0.6 is 11.3 Å². The molecule has 1 fully saturated rings. The van der Waals surface area contributed by atoms with Crippen molar-refractivity contribution in [2.75, 3.05) is 31.6 Å². The van der Waals surface area contributed by atoms with Gasteiger partial charge in [-0.2, -0.15) is 9.57 Å². The third-order valence-electron chi connectivity index (χ3n) is 5.21. The number of rotatable bonds is 4. The van der Waals surface area contributed by atoms with Gasteiger partial charge >= 0.3 is 0 Å². The normalized spacial score (nSPS) is 17.3. The van der Waals surface area contributed by atoms with Crippen molar-refractivity contribution in [3.8, 4) is 6.07 Å². The molecule has 2 aromatic rings. The maximum absolute atomic E-state index is 12.9. The molecule has 1 saturated heterocycles. The number of nitrogens with zero attached hydrogens (tertiary/aromatic N) is 2. The van der Waals surface area contributed by atoms with E-state index >= 15 is 0 Å². The number of carbonyl (C=O) groups is 1. The number of ether oxygens (including phenoxy) is 1. The standard InChI is InChI=1S/C20H21N3O4S2/c21-13-17-16-6-1-2-7-18(16)28-20(17)22-19(24)14-4-3-5-15(12-14)29(25,26)23-8-10-27-11-9-23/h3-5,12H,1-2,6-11H2,(H,22,24). The molecule has 9 heteroatoms. The summed E-state index contributed by atoms with van der Waals surface area (Å²) in [4.78, 5) is 14.0. The molecule has 2 heterocycles. The van der Waals surface area contributed by atoms with E-state index in [0.717, 1.165) is 36.1 Å². The molecule has 0 saturated carbocycles. The summed E-state index contributed by atoms with van der Waals surface area (Å²) in [5, 5.41) is 12.9. The van der Waals surface area contributed by atoms with Crippen molar-refractivity contribution in [3.05, 3.63) is 45.8 Å². The predicted molar refractivity (Wildman–Crippen MR) is 110 cm³/mol. The van der Waals surface area contributed by atoms with Gasteiger partial charge in [0, 0.05) is 23.5 Å². The van der Waals surface area contributed by atoms with Gasteiger partial charge < -0.3 is 10.1 Å². The van der Waals surface area contributed by atoms with Crippen LogP contribution in [0.5, 0.6) is 0 Å². The molecule has 7 nitrogen and oxygen atoms in total.